The van der Waals surface area contributed by atoms with Crippen LogP contribution < -0.4 is 16.0 Å². The lowest BCUT2D eigenvalue weighted by molar-refractivity contribution is -0.0320. The quantitative estimate of drug-likeness (QED) is 0.170. The van der Waals surface area contributed by atoms with E-state index in [9.17, 15) is 4.79 Å². The van der Waals surface area contributed by atoms with Crippen molar-refractivity contribution in [2.45, 2.75) is 84.0 Å². The predicted octanol–water partition coefficient (Wildman–Crippen LogP) is 3.44. The minimum atomic E-state index is -0.519. The highest BCUT2D eigenvalue weighted by Gasteiger charge is 2.30. The Morgan fingerprint density at radius 2 is 1.77 bits per heavy atom. The van der Waals surface area contributed by atoms with Crippen molar-refractivity contribution in [3.63, 3.8) is 0 Å². The van der Waals surface area contributed by atoms with Gasteiger partial charge >= 0.3 is 6.09 Å². The van der Waals surface area contributed by atoms with E-state index in [1.54, 1.807) is 7.05 Å². The molecular formula is C21H43IN4O4. The number of carbonyl (C=O) groups is 1. The second-order valence-corrected chi connectivity index (χ2v) is 8.50. The van der Waals surface area contributed by atoms with Crippen LogP contribution in [0.5, 0.6) is 0 Å². The maximum Gasteiger partial charge on any atom is 0.408 e. The van der Waals surface area contributed by atoms with Crippen LogP contribution in [-0.4, -0.2) is 69.3 Å². The van der Waals surface area contributed by atoms with Gasteiger partial charge in [0.25, 0.3) is 0 Å². The Morgan fingerprint density at radius 1 is 1.13 bits per heavy atom. The number of nitrogens with zero attached hydrogens (tertiary/aromatic N) is 1. The smallest absolute Gasteiger partial charge is 0.408 e. The van der Waals surface area contributed by atoms with E-state index in [-0.39, 0.29) is 24.0 Å². The first-order chi connectivity index (χ1) is 13.7. The molecule has 3 N–H and O–H groups in total. The van der Waals surface area contributed by atoms with Crippen molar-refractivity contribution in [1.82, 2.24) is 16.0 Å². The molecular weight excluding hydrogens is 499 g/mol. The molecule has 1 heterocycles. The van der Waals surface area contributed by atoms with Crippen LogP contribution in [0.1, 0.15) is 66.7 Å². The first-order valence-corrected chi connectivity index (χ1v) is 10.9. The summed E-state index contributed by atoms with van der Waals surface area (Å²) in [5.41, 5.74) is -0.916. The molecule has 0 radical (unpaired) electrons. The van der Waals surface area contributed by atoms with Gasteiger partial charge in [0.1, 0.15) is 5.60 Å². The molecule has 1 aliphatic heterocycles. The number of alkyl carbamates (subject to hydrolysis) is 1. The molecule has 0 aromatic carbocycles. The van der Waals surface area contributed by atoms with Gasteiger partial charge in [0.15, 0.2) is 5.96 Å². The third kappa shape index (κ3) is 12.1. The Morgan fingerprint density at radius 3 is 2.30 bits per heavy atom. The van der Waals surface area contributed by atoms with Gasteiger partial charge in [0, 0.05) is 40.0 Å². The summed E-state index contributed by atoms with van der Waals surface area (Å²) in [4.78, 5) is 16.5. The van der Waals surface area contributed by atoms with E-state index in [4.69, 9.17) is 14.2 Å². The number of ether oxygens (including phenoxy) is 3. The van der Waals surface area contributed by atoms with E-state index < -0.39 is 17.2 Å². The molecule has 1 fully saturated rings. The molecule has 0 unspecified atom stereocenters. The van der Waals surface area contributed by atoms with Gasteiger partial charge in [0.2, 0.25) is 0 Å². The third-order valence-electron chi connectivity index (χ3n) is 5.07. The zero-order valence-corrected chi connectivity index (χ0v) is 22.0. The average Bonchev–Trinajstić information content (AvgIpc) is 2.68. The number of hydrogen-bond acceptors (Lipinski definition) is 5. The number of rotatable bonds is 10. The Labute approximate surface area is 199 Å². The van der Waals surface area contributed by atoms with E-state index in [0.717, 1.165) is 58.5 Å². The van der Waals surface area contributed by atoms with Gasteiger partial charge in [-0.05, 0) is 52.9 Å². The zero-order chi connectivity index (χ0) is 21.8. The minimum Gasteiger partial charge on any atom is -0.444 e. The van der Waals surface area contributed by atoms with Gasteiger partial charge in [-0.2, -0.15) is 0 Å². The number of aliphatic imine (C=N–C) groups is 1. The van der Waals surface area contributed by atoms with Gasteiger partial charge in [-0.15, -0.1) is 24.0 Å². The van der Waals surface area contributed by atoms with Crippen LogP contribution in [0.3, 0.4) is 0 Å². The van der Waals surface area contributed by atoms with Gasteiger partial charge in [-0.1, -0.05) is 13.8 Å². The molecule has 0 atom stereocenters. The summed E-state index contributed by atoms with van der Waals surface area (Å²) >= 11 is 0. The Hall–Kier alpha value is -0.810. The highest BCUT2D eigenvalue weighted by atomic mass is 127. The number of guanidine groups is 1. The molecule has 0 aromatic rings. The standard InChI is InChI=1S/C21H42N4O4.HI/c1-7-21(8-2,25-19(26)29-20(3,4)5)16-24-18(22-6)23-12-9-13-28-17-10-14-27-15-11-17;/h17H,7-16H2,1-6H3,(H,25,26)(H2,22,23,24);1H. The van der Waals surface area contributed by atoms with Crippen LogP contribution in [0.15, 0.2) is 4.99 Å². The Balaban J connectivity index is 0.00000841. The van der Waals surface area contributed by atoms with Crippen molar-refractivity contribution in [3.8, 4) is 0 Å². The molecule has 30 heavy (non-hydrogen) atoms. The van der Waals surface area contributed by atoms with Crippen molar-refractivity contribution in [2.24, 2.45) is 4.99 Å². The maximum absolute atomic E-state index is 12.3. The zero-order valence-electron chi connectivity index (χ0n) is 19.6. The van der Waals surface area contributed by atoms with Crippen molar-refractivity contribution in [1.29, 1.82) is 0 Å². The van der Waals surface area contributed by atoms with Crippen molar-refractivity contribution in [3.05, 3.63) is 0 Å². The molecule has 178 valence electrons. The summed E-state index contributed by atoms with van der Waals surface area (Å²) < 4.78 is 16.7. The van der Waals surface area contributed by atoms with Crippen LogP contribution in [0.2, 0.25) is 0 Å². The fourth-order valence-electron chi connectivity index (χ4n) is 3.09. The molecule has 1 rings (SSSR count). The van der Waals surface area contributed by atoms with Crippen molar-refractivity contribution in [2.75, 3.05) is 40.0 Å². The van der Waals surface area contributed by atoms with E-state index in [2.05, 4.69) is 34.8 Å². The first kappa shape index (κ1) is 29.2. The summed E-state index contributed by atoms with van der Waals surface area (Å²) in [6.07, 6.45) is 4.37. The lowest BCUT2D eigenvalue weighted by Gasteiger charge is -2.34. The molecule has 0 bridgehead atoms. The molecule has 8 nitrogen and oxygen atoms in total. The Kier molecular flexibility index (Phi) is 14.7. The molecule has 0 aromatic heterocycles. The number of amides is 1. The SMILES string of the molecule is CCC(CC)(CNC(=NC)NCCCOC1CCOCC1)NC(=O)OC(C)(C)C.I. The van der Waals surface area contributed by atoms with E-state index in [0.29, 0.717) is 18.6 Å². The van der Waals surface area contributed by atoms with Crippen molar-refractivity contribution < 1.29 is 19.0 Å². The van der Waals surface area contributed by atoms with Gasteiger partial charge in [0.05, 0.1) is 11.6 Å². The molecule has 9 heteroatoms. The number of halogens is 1. The van der Waals surface area contributed by atoms with Crippen LogP contribution in [0.4, 0.5) is 4.79 Å². The van der Waals surface area contributed by atoms with Gasteiger partial charge in [-0.25, -0.2) is 4.79 Å². The average molecular weight is 543 g/mol. The summed E-state index contributed by atoms with van der Waals surface area (Å²) in [5, 5.41) is 9.68. The fraction of sp³-hybridized carbons (Fsp3) is 0.905. The summed E-state index contributed by atoms with van der Waals surface area (Å²) in [6, 6.07) is 0. The molecule has 0 spiro atoms. The fourth-order valence-corrected chi connectivity index (χ4v) is 3.09. The Bertz CT molecular complexity index is 502. The number of nitrogens with one attached hydrogen (secondary N) is 3. The minimum absolute atomic E-state index is 0. The monoisotopic (exact) mass is 542 g/mol. The highest BCUT2D eigenvalue weighted by molar-refractivity contribution is 14.0. The maximum atomic E-state index is 12.3. The van der Waals surface area contributed by atoms with Crippen molar-refractivity contribution >= 4 is 36.0 Å². The second kappa shape index (κ2) is 15.1. The van der Waals surface area contributed by atoms with Gasteiger partial charge < -0.3 is 30.2 Å². The number of carbonyl (C=O) groups excluding carboxylic acids is 1. The van der Waals surface area contributed by atoms with Crippen LogP contribution in [0.25, 0.3) is 0 Å². The van der Waals surface area contributed by atoms with E-state index >= 15 is 0 Å². The van der Waals surface area contributed by atoms with Gasteiger partial charge in [-0.3, -0.25) is 4.99 Å². The van der Waals surface area contributed by atoms with E-state index in [1.165, 1.54) is 0 Å². The third-order valence-corrected chi connectivity index (χ3v) is 5.07. The highest BCUT2D eigenvalue weighted by Crippen LogP contribution is 2.16. The second-order valence-electron chi connectivity index (χ2n) is 8.50. The first-order valence-electron chi connectivity index (χ1n) is 10.9. The largest absolute Gasteiger partial charge is 0.444 e. The molecule has 1 saturated heterocycles. The van der Waals surface area contributed by atoms with E-state index in [1.807, 2.05) is 20.8 Å². The molecule has 1 aliphatic rings. The van der Waals surface area contributed by atoms with Crippen LogP contribution in [0, 0.1) is 0 Å². The van der Waals surface area contributed by atoms with Crippen LogP contribution >= 0.6 is 24.0 Å². The lowest BCUT2D eigenvalue weighted by Crippen LogP contribution is -2.57. The predicted molar refractivity (Wildman–Crippen MR) is 132 cm³/mol. The topological polar surface area (TPSA) is 93.2 Å². The summed E-state index contributed by atoms with van der Waals surface area (Å²) in [6.45, 7) is 13.4. The summed E-state index contributed by atoms with van der Waals surface area (Å²) in [7, 11) is 1.74. The lowest BCUT2D eigenvalue weighted by atomic mass is 9.93. The molecule has 0 aliphatic carbocycles. The molecule has 1 amide bonds. The van der Waals surface area contributed by atoms with Crippen LogP contribution in [-0.2, 0) is 14.2 Å². The summed E-state index contributed by atoms with van der Waals surface area (Å²) in [5.74, 6) is 0.716. The number of hydrogen-bond donors (Lipinski definition) is 3. The normalized spacial score (nSPS) is 15.9. The molecule has 0 saturated carbocycles.